The summed E-state index contributed by atoms with van der Waals surface area (Å²) in [5.74, 6) is -3.59. The molecule has 0 saturated heterocycles. The van der Waals surface area contributed by atoms with Crippen molar-refractivity contribution in [1.82, 2.24) is 0 Å². The zero-order chi connectivity index (χ0) is 24.5. The van der Waals surface area contributed by atoms with Crippen molar-refractivity contribution in [2.45, 2.75) is 64.7 Å². The fourth-order valence-corrected chi connectivity index (χ4v) is 4.40. The summed E-state index contributed by atoms with van der Waals surface area (Å²) in [7, 11) is 0. The van der Waals surface area contributed by atoms with Crippen LogP contribution in [0.3, 0.4) is 0 Å². The molecule has 0 aliphatic heterocycles. The van der Waals surface area contributed by atoms with Crippen molar-refractivity contribution >= 4 is 5.97 Å². The topological polar surface area (TPSA) is 59.3 Å². The Kier molecular flexibility index (Phi) is 9.38. The van der Waals surface area contributed by atoms with E-state index in [-0.39, 0.29) is 17.1 Å². The molecule has 4 nitrogen and oxygen atoms in total. The number of unbranched alkanes of at least 4 members (excludes halogenated alkanes) is 3. The average Bonchev–Trinajstić information content (AvgIpc) is 2.81. The van der Waals surface area contributed by atoms with Crippen LogP contribution in [0.2, 0.25) is 0 Å². The molecule has 0 aromatic heterocycles. The lowest BCUT2D eigenvalue weighted by molar-refractivity contribution is 0.0724. The maximum atomic E-state index is 14.5. The van der Waals surface area contributed by atoms with Crippen LogP contribution in [-0.4, -0.2) is 12.6 Å². The third kappa shape index (κ3) is 6.99. The molecule has 0 radical (unpaired) electrons. The average molecular weight is 474 g/mol. The molecule has 182 valence electrons. The molecule has 2 aromatic carbocycles. The van der Waals surface area contributed by atoms with Crippen molar-refractivity contribution in [3.05, 3.63) is 58.9 Å². The van der Waals surface area contributed by atoms with Gasteiger partial charge in [-0.05, 0) is 36.8 Å². The number of halogens is 3. The third-order valence-electron chi connectivity index (χ3n) is 6.41. The molecular formula is C27H30F3NO3. The van der Waals surface area contributed by atoms with E-state index in [1.54, 1.807) is 6.07 Å². The minimum Gasteiger partial charge on any atom is -0.493 e. The maximum Gasteiger partial charge on any atom is 0.349 e. The van der Waals surface area contributed by atoms with Crippen LogP contribution in [0, 0.1) is 40.6 Å². The SMILES string of the molecule is CCCCCC[C@H]1CC[C@H](COc2cc(F)c(C(=O)Oc3ccc(C#N)c(F)c3)c(F)c2)CC1. The Hall–Kier alpha value is -3.01. The van der Waals surface area contributed by atoms with Gasteiger partial charge in [-0.2, -0.15) is 5.26 Å². The number of ether oxygens (including phenoxy) is 2. The fraction of sp³-hybridized carbons (Fsp3) is 0.481. The predicted octanol–water partition coefficient (Wildman–Crippen LogP) is 7.35. The van der Waals surface area contributed by atoms with Gasteiger partial charge in [0.15, 0.2) is 0 Å². The van der Waals surface area contributed by atoms with Gasteiger partial charge in [0.2, 0.25) is 0 Å². The second-order valence-corrected chi connectivity index (χ2v) is 8.95. The molecular weight excluding hydrogens is 443 g/mol. The number of carbonyl (C=O) groups excluding carboxylic acids is 1. The van der Waals surface area contributed by atoms with Crippen molar-refractivity contribution in [2.24, 2.45) is 11.8 Å². The quantitative estimate of drug-likeness (QED) is 0.206. The zero-order valence-electron chi connectivity index (χ0n) is 19.4. The molecule has 1 aliphatic rings. The first-order valence-electron chi connectivity index (χ1n) is 11.9. The summed E-state index contributed by atoms with van der Waals surface area (Å²) in [5, 5.41) is 8.75. The molecule has 3 rings (SSSR count). The number of hydrogen-bond acceptors (Lipinski definition) is 4. The molecule has 0 spiro atoms. The van der Waals surface area contributed by atoms with Crippen molar-refractivity contribution in [3.63, 3.8) is 0 Å². The van der Waals surface area contributed by atoms with Crippen LogP contribution in [-0.2, 0) is 0 Å². The van der Waals surface area contributed by atoms with Crippen LogP contribution in [0.4, 0.5) is 13.2 Å². The Morgan fingerprint density at radius 1 is 0.941 bits per heavy atom. The molecule has 34 heavy (non-hydrogen) atoms. The van der Waals surface area contributed by atoms with Gasteiger partial charge in [0.25, 0.3) is 0 Å². The highest BCUT2D eigenvalue weighted by molar-refractivity contribution is 5.91. The molecule has 0 unspecified atom stereocenters. The number of esters is 1. The van der Waals surface area contributed by atoms with E-state index in [0.717, 1.165) is 55.9 Å². The van der Waals surface area contributed by atoms with E-state index in [4.69, 9.17) is 14.7 Å². The first-order chi connectivity index (χ1) is 16.4. The molecule has 0 N–H and O–H groups in total. The van der Waals surface area contributed by atoms with Crippen LogP contribution in [0.5, 0.6) is 11.5 Å². The van der Waals surface area contributed by atoms with E-state index in [1.807, 2.05) is 0 Å². The first-order valence-corrected chi connectivity index (χ1v) is 11.9. The molecule has 1 aliphatic carbocycles. The standard InChI is InChI=1S/C27H30F3NO3/c1-2-3-4-5-6-18-7-9-19(10-8-18)17-33-22-14-24(29)26(25(30)15-22)27(32)34-21-12-11-20(16-31)23(28)13-21/h11-15,18-19H,2-10,17H2,1H3/t18-,19-. The fourth-order valence-electron chi connectivity index (χ4n) is 4.40. The van der Waals surface area contributed by atoms with E-state index in [2.05, 4.69) is 6.92 Å². The van der Waals surface area contributed by atoms with Crippen LogP contribution >= 0.6 is 0 Å². The maximum absolute atomic E-state index is 14.5. The van der Waals surface area contributed by atoms with Crippen LogP contribution in [0.1, 0.15) is 80.6 Å². The Morgan fingerprint density at radius 2 is 1.59 bits per heavy atom. The Bertz CT molecular complexity index is 1000. The summed E-state index contributed by atoms with van der Waals surface area (Å²) in [6, 6.07) is 6.64. The second-order valence-electron chi connectivity index (χ2n) is 8.95. The molecule has 1 saturated carbocycles. The third-order valence-corrected chi connectivity index (χ3v) is 6.41. The van der Waals surface area contributed by atoms with Crippen LogP contribution in [0.25, 0.3) is 0 Å². The van der Waals surface area contributed by atoms with Gasteiger partial charge in [-0.15, -0.1) is 0 Å². The normalized spacial score (nSPS) is 17.7. The summed E-state index contributed by atoms with van der Waals surface area (Å²) in [5.41, 5.74) is -1.13. The van der Waals surface area contributed by atoms with Gasteiger partial charge in [-0.25, -0.2) is 18.0 Å². The Morgan fingerprint density at radius 3 is 2.21 bits per heavy atom. The number of benzene rings is 2. The zero-order valence-corrected chi connectivity index (χ0v) is 19.4. The molecule has 0 amide bonds. The number of nitriles is 1. The molecule has 2 aromatic rings. The van der Waals surface area contributed by atoms with Gasteiger partial charge in [0.05, 0.1) is 12.2 Å². The number of hydrogen-bond donors (Lipinski definition) is 0. The highest BCUT2D eigenvalue weighted by Crippen LogP contribution is 2.33. The highest BCUT2D eigenvalue weighted by Gasteiger charge is 2.24. The lowest BCUT2D eigenvalue weighted by Crippen LogP contribution is -2.20. The van der Waals surface area contributed by atoms with Gasteiger partial charge in [-0.3, -0.25) is 0 Å². The lowest BCUT2D eigenvalue weighted by atomic mass is 9.80. The number of rotatable bonds is 10. The van der Waals surface area contributed by atoms with E-state index in [1.165, 1.54) is 38.2 Å². The summed E-state index contributed by atoms with van der Waals surface area (Å²) in [6.45, 7) is 2.58. The lowest BCUT2D eigenvalue weighted by Gasteiger charge is -2.28. The Balaban J connectivity index is 1.52. The number of carbonyl (C=O) groups is 1. The van der Waals surface area contributed by atoms with Gasteiger partial charge in [-0.1, -0.05) is 51.9 Å². The molecule has 0 atom stereocenters. The minimum atomic E-state index is -1.30. The smallest absolute Gasteiger partial charge is 0.349 e. The number of nitrogens with zero attached hydrogens (tertiary/aromatic N) is 1. The second kappa shape index (κ2) is 12.5. The van der Waals surface area contributed by atoms with Crippen molar-refractivity contribution < 1.29 is 27.4 Å². The van der Waals surface area contributed by atoms with E-state index < -0.39 is 29.0 Å². The molecule has 0 bridgehead atoms. The monoisotopic (exact) mass is 473 g/mol. The van der Waals surface area contributed by atoms with Crippen molar-refractivity contribution in [2.75, 3.05) is 6.61 Å². The van der Waals surface area contributed by atoms with E-state index in [0.29, 0.717) is 12.5 Å². The van der Waals surface area contributed by atoms with Crippen LogP contribution in [0.15, 0.2) is 30.3 Å². The van der Waals surface area contributed by atoms with Gasteiger partial charge < -0.3 is 9.47 Å². The summed E-state index contributed by atoms with van der Waals surface area (Å²) >= 11 is 0. The largest absolute Gasteiger partial charge is 0.493 e. The van der Waals surface area contributed by atoms with Gasteiger partial charge in [0, 0.05) is 18.2 Å². The molecule has 7 heteroatoms. The minimum absolute atomic E-state index is 0.0117. The summed E-state index contributed by atoms with van der Waals surface area (Å²) in [4.78, 5) is 12.2. The Labute approximate surface area is 198 Å². The molecule has 1 fully saturated rings. The summed E-state index contributed by atoms with van der Waals surface area (Å²) in [6.07, 6.45) is 10.8. The molecule has 0 heterocycles. The van der Waals surface area contributed by atoms with E-state index >= 15 is 0 Å². The van der Waals surface area contributed by atoms with Crippen LogP contribution < -0.4 is 9.47 Å². The van der Waals surface area contributed by atoms with Crippen molar-refractivity contribution in [1.29, 1.82) is 5.26 Å². The van der Waals surface area contributed by atoms with Gasteiger partial charge >= 0.3 is 5.97 Å². The van der Waals surface area contributed by atoms with E-state index in [9.17, 15) is 18.0 Å². The first kappa shape index (κ1) is 25.6. The predicted molar refractivity (Wildman–Crippen MR) is 122 cm³/mol. The van der Waals surface area contributed by atoms with Gasteiger partial charge in [0.1, 0.15) is 40.6 Å². The van der Waals surface area contributed by atoms with Crippen molar-refractivity contribution in [3.8, 4) is 17.6 Å². The highest BCUT2D eigenvalue weighted by atomic mass is 19.1. The summed E-state index contributed by atoms with van der Waals surface area (Å²) < 4.78 is 53.2.